The van der Waals surface area contributed by atoms with Crippen LogP contribution >= 0.6 is 11.6 Å². The molecule has 124 valence electrons. The molecule has 5 nitrogen and oxygen atoms in total. The van der Waals surface area contributed by atoms with Crippen LogP contribution in [0.2, 0.25) is 5.02 Å². The maximum atomic E-state index is 12.3. The van der Waals surface area contributed by atoms with Crippen LogP contribution in [-0.2, 0) is 17.9 Å². The third-order valence-corrected chi connectivity index (χ3v) is 3.50. The van der Waals surface area contributed by atoms with Crippen molar-refractivity contribution >= 4 is 17.4 Å². The molecule has 0 atom stereocenters. The molecule has 0 unspecified atom stereocenters. The van der Waals surface area contributed by atoms with Crippen LogP contribution in [0.3, 0.4) is 0 Å². The number of hydrogen-bond donors (Lipinski definition) is 1. The molecule has 1 heterocycles. The summed E-state index contributed by atoms with van der Waals surface area (Å²) in [6, 6.07) is 6.79. The van der Waals surface area contributed by atoms with Gasteiger partial charge >= 0.3 is 0 Å². The molecule has 2 rings (SSSR count). The van der Waals surface area contributed by atoms with E-state index in [4.69, 9.17) is 21.7 Å². The standard InChI is InChI=1S/C16H18ClN3O2.BrH/c1-3-22-10-13-8-20(11(2)19-16(13)18)9-15(21)12-4-6-14(17)7-5-12;/h4-8,18H,3,9-10H2,1-2H3;1H/p-1. The normalized spacial score (nSPS) is 10.2. The molecule has 0 spiro atoms. The quantitative estimate of drug-likeness (QED) is 0.681. The zero-order valence-corrected chi connectivity index (χ0v) is 15.3. The number of Topliss-reactive ketones (excluding diaryl/α,β-unsaturated/α-hetero) is 1. The van der Waals surface area contributed by atoms with Crippen molar-refractivity contribution in [3.8, 4) is 0 Å². The van der Waals surface area contributed by atoms with Gasteiger partial charge in [0, 0.05) is 29.0 Å². The van der Waals surface area contributed by atoms with Gasteiger partial charge in [0.15, 0.2) is 11.3 Å². The molecule has 0 bridgehead atoms. The Morgan fingerprint density at radius 3 is 2.61 bits per heavy atom. The Kier molecular flexibility index (Phi) is 7.61. The van der Waals surface area contributed by atoms with Gasteiger partial charge in [-0.05, 0) is 38.1 Å². The minimum absolute atomic E-state index is 0. The van der Waals surface area contributed by atoms with E-state index >= 15 is 0 Å². The number of aryl methyl sites for hydroxylation is 1. The number of aromatic nitrogens is 2. The van der Waals surface area contributed by atoms with Crippen LogP contribution in [-0.4, -0.2) is 21.9 Å². The predicted molar refractivity (Wildman–Crippen MR) is 83.9 cm³/mol. The van der Waals surface area contributed by atoms with E-state index in [2.05, 4.69) is 4.98 Å². The first-order valence-corrected chi connectivity index (χ1v) is 7.37. The lowest BCUT2D eigenvalue weighted by Gasteiger charge is -2.12. The van der Waals surface area contributed by atoms with E-state index in [0.29, 0.717) is 35.2 Å². The van der Waals surface area contributed by atoms with E-state index in [1.165, 1.54) is 0 Å². The van der Waals surface area contributed by atoms with Crippen molar-refractivity contribution in [3.05, 3.63) is 57.9 Å². The van der Waals surface area contributed by atoms with Crippen LogP contribution in [0.15, 0.2) is 30.5 Å². The lowest BCUT2D eigenvalue weighted by Crippen LogP contribution is -3.00. The third kappa shape index (κ3) is 5.27. The molecule has 2 aromatic rings. The number of rotatable bonds is 6. The molecular formula is C16H18BrClN3O2-. The lowest BCUT2D eigenvalue weighted by molar-refractivity contribution is -0.0000135. The SMILES string of the molecule is CCOCc1cn(CC(=O)c2ccc(Cl)cc2)c(C)nc1=N.[Br-]. The highest BCUT2D eigenvalue weighted by Gasteiger charge is 2.10. The highest BCUT2D eigenvalue weighted by molar-refractivity contribution is 6.30. The number of halogens is 2. The van der Waals surface area contributed by atoms with E-state index in [-0.39, 0.29) is 34.8 Å². The first-order chi connectivity index (χ1) is 10.5. The Bertz CT molecular complexity index is 729. The molecule has 0 aliphatic heterocycles. The molecule has 23 heavy (non-hydrogen) atoms. The summed E-state index contributed by atoms with van der Waals surface area (Å²) in [5.74, 6) is 0.583. The Balaban J connectivity index is 0.00000264. The van der Waals surface area contributed by atoms with Crippen molar-refractivity contribution in [2.75, 3.05) is 6.61 Å². The molecule has 0 saturated heterocycles. The van der Waals surface area contributed by atoms with Gasteiger partial charge in [0.1, 0.15) is 5.82 Å². The van der Waals surface area contributed by atoms with Gasteiger partial charge in [-0.25, -0.2) is 4.98 Å². The molecule has 0 amide bonds. The second kappa shape index (κ2) is 8.96. The second-order valence-corrected chi connectivity index (χ2v) is 5.29. The van der Waals surface area contributed by atoms with Crippen LogP contribution in [0.4, 0.5) is 0 Å². The number of nitrogens with zero attached hydrogens (tertiary/aromatic N) is 2. The number of benzene rings is 1. The monoisotopic (exact) mass is 398 g/mol. The minimum Gasteiger partial charge on any atom is -1.00 e. The summed E-state index contributed by atoms with van der Waals surface area (Å²) >= 11 is 5.83. The fraction of sp³-hybridized carbons (Fsp3) is 0.312. The summed E-state index contributed by atoms with van der Waals surface area (Å²) in [6.07, 6.45) is 1.76. The maximum Gasteiger partial charge on any atom is 0.182 e. The van der Waals surface area contributed by atoms with Crippen molar-refractivity contribution in [1.82, 2.24) is 9.55 Å². The molecule has 7 heteroatoms. The topological polar surface area (TPSA) is 68.0 Å². The summed E-state index contributed by atoms with van der Waals surface area (Å²) in [4.78, 5) is 16.5. The van der Waals surface area contributed by atoms with Crippen molar-refractivity contribution in [3.63, 3.8) is 0 Å². The number of carbonyl (C=O) groups excluding carboxylic acids is 1. The molecule has 0 radical (unpaired) electrons. The largest absolute Gasteiger partial charge is 1.00 e. The Hall–Kier alpha value is -1.50. The summed E-state index contributed by atoms with van der Waals surface area (Å²) in [5.41, 5.74) is 1.44. The maximum absolute atomic E-state index is 12.3. The molecule has 0 aliphatic carbocycles. The molecule has 0 fully saturated rings. The summed E-state index contributed by atoms with van der Waals surface area (Å²) in [5, 5.41) is 8.45. The van der Waals surface area contributed by atoms with Gasteiger partial charge in [-0.15, -0.1) is 0 Å². The Morgan fingerprint density at radius 2 is 2.00 bits per heavy atom. The number of ketones is 1. The fourth-order valence-electron chi connectivity index (χ4n) is 2.00. The van der Waals surface area contributed by atoms with Gasteiger partial charge in [-0.2, -0.15) is 0 Å². The number of carbonyl (C=O) groups is 1. The zero-order chi connectivity index (χ0) is 16.1. The van der Waals surface area contributed by atoms with E-state index in [9.17, 15) is 4.79 Å². The molecule has 0 aliphatic rings. The third-order valence-electron chi connectivity index (χ3n) is 3.25. The average Bonchev–Trinajstić information content (AvgIpc) is 2.49. The van der Waals surface area contributed by atoms with Crippen LogP contribution in [0.25, 0.3) is 0 Å². The van der Waals surface area contributed by atoms with Crippen LogP contribution in [0.1, 0.15) is 28.7 Å². The predicted octanol–water partition coefficient (Wildman–Crippen LogP) is -0.252. The molecule has 1 aromatic heterocycles. The van der Waals surface area contributed by atoms with Gasteiger partial charge in [-0.1, -0.05) is 11.6 Å². The van der Waals surface area contributed by atoms with E-state index in [1.807, 2.05) is 6.92 Å². The number of hydrogen-bond acceptors (Lipinski definition) is 4. The van der Waals surface area contributed by atoms with Crippen LogP contribution in [0, 0.1) is 12.3 Å². The van der Waals surface area contributed by atoms with E-state index in [1.54, 1.807) is 42.0 Å². The smallest absolute Gasteiger partial charge is 0.182 e. The van der Waals surface area contributed by atoms with Gasteiger partial charge in [0.25, 0.3) is 0 Å². The summed E-state index contributed by atoms with van der Waals surface area (Å²) in [7, 11) is 0. The van der Waals surface area contributed by atoms with Gasteiger partial charge in [0.2, 0.25) is 0 Å². The Labute approximate surface area is 150 Å². The first-order valence-electron chi connectivity index (χ1n) is 6.99. The Morgan fingerprint density at radius 1 is 1.35 bits per heavy atom. The van der Waals surface area contributed by atoms with Crippen molar-refractivity contribution in [2.24, 2.45) is 0 Å². The lowest BCUT2D eigenvalue weighted by atomic mass is 10.1. The van der Waals surface area contributed by atoms with Crippen molar-refractivity contribution in [2.45, 2.75) is 27.0 Å². The summed E-state index contributed by atoms with van der Waals surface area (Å²) in [6.45, 7) is 4.72. The van der Waals surface area contributed by atoms with E-state index in [0.717, 1.165) is 0 Å². The minimum atomic E-state index is -0.0355. The number of nitrogens with one attached hydrogen (secondary N) is 1. The number of ether oxygens (including phenoxy) is 1. The average molecular weight is 400 g/mol. The molecule has 1 aromatic carbocycles. The first kappa shape index (κ1) is 19.5. The van der Waals surface area contributed by atoms with Gasteiger partial charge < -0.3 is 26.3 Å². The molecule has 1 N–H and O–H groups in total. The van der Waals surface area contributed by atoms with Crippen LogP contribution in [0.5, 0.6) is 0 Å². The zero-order valence-electron chi connectivity index (χ0n) is 13.0. The van der Waals surface area contributed by atoms with Crippen molar-refractivity contribution in [1.29, 1.82) is 5.41 Å². The summed E-state index contributed by atoms with van der Waals surface area (Å²) < 4.78 is 7.06. The highest BCUT2D eigenvalue weighted by Crippen LogP contribution is 2.11. The highest BCUT2D eigenvalue weighted by atomic mass is 79.9. The molecule has 0 saturated carbocycles. The fourth-order valence-corrected chi connectivity index (χ4v) is 2.13. The van der Waals surface area contributed by atoms with Crippen molar-refractivity contribution < 1.29 is 26.5 Å². The van der Waals surface area contributed by atoms with Crippen LogP contribution < -0.4 is 22.5 Å². The van der Waals surface area contributed by atoms with E-state index < -0.39 is 0 Å². The molecular weight excluding hydrogens is 382 g/mol. The second-order valence-electron chi connectivity index (χ2n) is 4.86. The van der Waals surface area contributed by atoms with Gasteiger partial charge in [-0.3, -0.25) is 10.2 Å². The van der Waals surface area contributed by atoms with Gasteiger partial charge in [0.05, 0.1) is 13.2 Å².